The maximum Gasteiger partial charge on any atom is 0.417 e. The van der Waals surface area contributed by atoms with Gasteiger partial charge in [-0.1, -0.05) is 30.3 Å². The van der Waals surface area contributed by atoms with E-state index in [9.17, 15) is 31.6 Å². The van der Waals surface area contributed by atoms with Gasteiger partial charge in [0.2, 0.25) is 5.91 Å². The van der Waals surface area contributed by atoms with Gasteiger partial charge in [0.1, 0.15) is 17.4 Å². The molecule has 0 saturated heterocycles. The van der Waals surface area contributed by atoms with Gasteiger partial charge in [0.25, 0.3) is 0 Å². The van der Waals surface area contributed by atoms with Gasteiger partial charge in [-0.25, -0.2) is 8.42 Å². The summed E-state index contributed by atoms with van der Waals surface area (Å²) in [5.41, 5.74) is -2.20. The van der Waals surface area contributed by atoms with Crippen molar-refractivity contribution in [1.29, 1.82) is 5.26 Å². The first-order valence-electron chi connectivity index (χ1n) is 10.4. The molecule has 3 unspecified atom stereocenters. The number of nitrogens with zero attached hydrogens (tertiary/aromatic N) is 1. The second-order valence-electron chi connectivity index (χ2n) is 8.39. The van der Waals surface area contributed by atoms with Crippen LogP contribution in [0.1, 0.15) is 31.2 Å². The molecule has 2 aromatic carbocycles. The zero-order valence-electron chi connectivity index (χ0n) is 17.4. The molecule has 2 aromatic rings. The van der Waals surface area contributed by atoms with Gasteiger partial charge < -0.3 is 10.1 Å². The Morgan fingerprint density at radius 3 is 2.30 bits per heavy atom. The lowest BCUT2D eigenvalue weighted by Crippen LogP contribution is -2.43. The van der Waals surface area contributed by atoms with Gasteiger partial charge in [0.15, 0.2) is 9.84 Å². The predicted molar refractivity (Wildman–Crippen MR) is 112 cm³/mol. The van der Waals surface area contributed by atoms with Crippen molar-refractivity contribution in [3.63, 3.8) is 0 Å². The highest BCUT2D eigenvalue weighted by Gasteiger charge is 2.51. The third-order valence-corrected chi connectivity index (χ3v) is 8.32. The molecule has 10 heteroatoms. The van der Waals surface area contributed by atoms with Gasteiger partial charge in [-0.3, -0.25) is 4.79 Å². The summed E-state index contributed by atoms with van der Waals surface area (Å²) in [6.45, 7) is 0. The number of halogens is 3. The summed E-state index contributed by atoms with van der Waals surface area (Å²) in [5.74, 6) is -1.05. The first-order valence-corrected chi connectivity index (χ1v) is 12.0. The van der Waals surface area contributed by atoms with E-state index >= 15 is 0 Å². The molecule has 0 heterocycles. The minimum Gasteiger partial charge on any atom is -0.490 e. The zero-order valence-corrected chi connectivity index (χ0v) is 18.2. The number of hydrogen-bond acceptors (Lipinski definition) is 5. The van der Waals surface area contributed by atoms with Crippen molar-refractivity contribution < 1.29 is 31.1 Å². The van der Waals surface area contributed by atoms with E-state index in [4.69, 9.17) is 4.74 Å². The van der Waals surface area contributed by atoms with Crippen molar-refractivity contribution in [2.24, 2.45) is 5.92 Å². The molecular weight excluding hydrogens is 457 g/mol. The highest BCUT2D eigenvalue weighted by atomic mass is 32.2. The van der Waals surface area contributed by atoms with Crippen LogP contribution in [-0.2, 0) is 20.8 Å². The Bertz CT molecular complexity index is 1190. The van der Waals surface area contributed by atoms with E-state index in [1.165, 1.54) is 6.07 Å². The van der Waals surface area contributed by atoms with Gasteiger partial charge in [0.05, 0.1) is 27.7 Å². The summed E-state index contributed by atoms with van der Waals surface area (Å²) in [6.07, 6.45) is -5.09. The molecule has 1 N–H and O–H groups in total. The second kappa shape index (κ2) is 8.37. The Balaban J connectivity index is 1.65. The smallest absolute Gasteiger partial charge is 0.417 e. The summed E-state index contributed by atoms with van der Waals surface area (Å²) < 4.78 is 72.9. The highest BCUT2D eigenvalue weighted by Crippen LogP contribution is 2.42. The highest BCUT2D eigenvalue weighted by molar-refractivity contribution is 7.92. The van der Waals surface area contributed by atoms with Crippen LogP contribution < -0.4 is 10.1 Å². The fourth-order valence-electron chi connectivity index (χ4n) is 4.13. The van der Waals surface area contributed by atoms with Crippen LogP contribution in [0.5, 0.6) is 5.75 Å². The number of hydrogen-bond donors (Lipinski definition) is 1. The van der Waals surface area contributed by atoms with Crippen LogP contribution in [0.3, 0.4) is 0 Å². The lowest BCUT2D eigenvalue weighted by atomic mass is 10.0. The van der Waals surface area contributed by atoms with Crippen molar-refractivity contribution in [2.75, 3.05) is 0 Å². The fourth-order valence-corrected chi connectivity index (χ4v) is 6.16. The number of para-hydroxylation sites is 1. The normalized spacial score (nSPS) is 24.0. The molecule has 1 amide bonds. The maximum atomic E-state index is 13.5. The Morgan fingerprint density at radius 1 is 1.06 bits per heavy atom. The van der Waals surface area contributed by atoms with Crippen molar-refractivity contribution >= 4 is 15.7 Å². The van der Waals surface area contributed by atoms with E-state index in [0.29, 0.717) is 18.6 Å². The molecule has 4 rings (SSSR count). The number of nitriles is 1. The number of nitrogens with one attached hydrogen (secondary N) is 1. The molecule has 6 nitrogen and oxygen atoms in total. The van der Waals surface area contributed by atoms with Crippen LogP contribution in [0.2, 0.25) is 0 Å². The Hall–Kier alpha value is -3.06. The number of sulfone groups is 1. The van der Waals surface area contributed by atoms with E-state index in [1.807, 2.05) is 6.07 Å². The molecule has 174 valence electrons. The standard InChI is InChI=1S/C23H21F3N2O4S/c24-23(25,26)18-8-4-5-9-20(18)33(30,31)16-12-17(21(29)28-22(14-27)10-11-22)19(13-16)32-15-6-2-1-3-7-15/h1-9,16-17,19H,10-13H2,(H,28,29). The van der Waals surface area contributed by atoms with Crippen molar-refractivity contribution in [2.45, 2.75) is 53.6 Å². The maximum absolute atomic E-state index is 13.5. The van der Waals surface area contributed by atoms with E-state index < -0.39 is 55.2 Å². The number of carbonyl (C=O) groups excluding carboxylic acids is 1. The summed E-state index contributed by atoms with van der Waals surface area (Å²) in [7, 11) is -4.42. The Labute approximate surface area is 189 Å². The zero-order chi connectivity index (χ0) is 23.9. The monoisotopic (exact) mass is 478 g/mol. The lowest BCUT2D eigenvalue weighted by Gasteiger charge is -2.21. The van der Waals surface area contributed by atoms with E-state index in [0.717, 1.165) is 18.2 Å². The number of alkyl halides is 3. The molecule has 0 bridgehead atoms. The van der Waals surface area contributed by atoms with E-state index in [1.54, 1.807) is 30.3 Å². The first kappa shape index (κ1) is 23.1. The topological polar surface area (TPSA) is 96.3 Å². The van der Waals surface area contributed by atoms with Gasteiger partial charge in [-0.05, 0) is 43.5 Å². The predicted octanol–water partition coefficient (Wildman–Crippen LogP) is 3.88. The van der Waals surface area contributed by atoms with Crippen LogP contribution in [0, 0.1) is 17.2 Å². The van der Waals surface area contributed by atoms with Crippen LogP contribution in [-0.4, -0.2) is 31.2 Å². The van der Waals surface area contributed by atoms with Crippen LogP contribution in [0.15, 0.2) is 59.5 Å². The lowest BCUT2D eigenvalue weighted by molar-refractivity contribution is -0.139. The molecule has 0 aliphatic heterocycles. The molecule has 0 spiro atoms. The number of ether oxygens (including phenoxy) is 1. The molecule has 2 aliphatic rings. The molecule has 2 saturated carbocycles. The molecule has 0 aromatic heterocycles. The van der Waals surface area contributed by atoms with Gasteiger partial charge >= 0.3 is 6.18 Å². The van der Waals surface area contributed by atoms with E-state index in [-0.39, 0.29) is 12.8 Å². The molecule has 3 atom stereocenters. The minimum atomic E-state index is -4.84. The van der Waals surface area contributed by atoms with Crippen molar-refractivity contribution in [3.8, 4) is 11.8 Å². The van der Waals surface area contributed by atoms with Gasteiger partial charge in [-0.15, -0.1) is 0 Å². The molecular formula is C23H21F3N2O4S. The Kier molecular flexibility index (Phi) is 5.86. The summed E-state index contributed by atoms with van der Waals surface area (Å²) in [5, 5.41) is 10.7. The van der Waals surface area contributed by atoms with Crippen LogP contribution in [0.25, 0.3) is 0 Å². The largest absolute Gasteiger partial charge is 0.490 e. The summed E-state index contributed by atoms with van der Waals surface area (Å²) in [6, 6.07) is 14.6. The molecule has 2 aliphatic carbocycles. The van der Waals surface area contributed by atoms with Gasteiger partial charge in [-0.2, -0.15) is 18.4 Å². The minimum absolute atomic E-state index is 0.152. The first-order chi connectivity index (χ1) is 15.6. The third-order valence-electron chi connectivity index (χ3n) is 6.09. The third kappa shape index (κ3) is 4.69. The van der Waals surface area contributed by atoms with Gasteiger partial charge in [0, 0.05) is 6.42 Å². The van der Waals surface area contributed by atoms with E-state index in [2.05, 4.69) is 5.32 Å². The summed E-state index contributed by atoms with van der Waals surface area (Å²) >= 11 is 0. The Morgan fingerprint density at radius 2 is 1.70 bits per heavy atom. The average Bonchev–Trinajstić information content (AvgIpc) is 3.42. The van der Waals surface area contributed by atoms with Crippen LogP contribution in [0.4, 0.5) is 13.2 Å². The quantitative estimate of drug-likeness (QED) is 0.680. The number of rotatable bonds is 6. The second-order valence-corrected chi connectivity index (χ2v) is 10.6. The average molecular weight is 478 g/mol. The number of benzene rings is 2. The number of carbonyl (C=O) groups is 1. The number of amides is 1. The van der Waals surface area contributed by atoms with Crippen molar-refractivity contribution in [3.05, 3.63) is 60.2 Å². The summed E-state index contributed by atoms with van der Waals surface area (Å²) in [4.78, 5) is 12.2. The molecule has 33 heavy (non-hydrogen) atoms. The SMILES string of the molecule is N#CC1(NC(=O)C2CC(S(=O)(=O)c3ccccc3C(F)(F)F)CC2Oc2ccccc2)CC1. The molecule has 2 fully saturated rings. The molecule has 0 radical (unpaired) electrons. The van der Waals surface area contributed by atoms with Crippen molar-refractivity contribution in [1.82, 2.24) is 5.32 Å². The fraction of sp³-hybridized carbons (Fsp3) is 0.391. The van der Waals surface area contributed by atoms with Crippen LogP contribution >= 0.6 is 0 Å².